The third-order valence-corrected chi connectivity index (χ3v) is 1.30. The minimum absolute atomic E-state index is 0.227. The third-order valence-electron chi connectivity index (χ3n) is 1.30. The monoisotopic (exact) mass is 173 g/mol. The smallest absolute Gasteiger partial charge is 0.258 e. The summed E-state index contributed by atoms with van der Waals surface area (Å²) in [6, 6.07) is 0.700. The first kappa shape index (κ1) is 8.83. The molecule has 66 valence electrons. The number of nitrogens with zero attached hydrogens (tertiary/aromatic N) is 2. The van der Waals surface area contributed by atoms with Crippen molar-refractivity contribution in [3.05, 3.63) is 18.5 Å². The Morgan fingerprint density at radius 2 is 1.92 bits per heavy atom. The van der Waals surface area contributed by atoms with Crippen molar-refractivity contribution in [3.63, 3.8) is 0 Å². The van der Waals surface area contributed by atoms with E-state index in [-0.39, 0.29) is 5.95 Å². The molecule has 1 rings (SSSR count). The van der Waals surface area contributed by atoms with E-state index < -0.39 is 12.5 Å². The highest BCUT2D eigenvalue weighted by Crippen LogP contribution is 2.05. The highest BCUT2D eigenvalue weighted by molar-refractivity contribution is 5.23. The largest absolute Gasteiger partial charge is 0.346 e. The first-order chi connectivity index (χ1) is 5.70. The molecule has 0 spiro atoms. The van der Waals surface area contributed by atoms with Crippen molar-refractivity contribution in [2.45, 2.75) is 19.4 Å². The molecule has 12 heavy (non-hydrogen) atoms. The quantitative estimate of drug-likeness (QED) is 0.753. The van der Waals surface area contributed by atoms with E-state index in [1.807, 2.05) is 0 Å². The fourth-order valence-corrected chi connectivity index (χ4v) is 0.640. The van der Waals surface area contributed by atoms with Crippen LogP contribution in [0.2, 0.25) is 0 Å². The second-order valence-corrected chi connectivity index (χ2v) is 2.34. The van der Waals surface area contributed by atoms with Crippen LogP contribution in [0.1, 0.15) is 6.92 Å². The molecule has 1 heterocycles. The predicted molar refractivity (Wildman–Crippen MR) is 41.1 cm³/mol. The lowest BCUT2D eigenvalue weighted by atomic mass is 10.4. The summed E-state index contributed by atoms with van der Waals surface area (Å²) in [5, 5.41) is 2.47. The number of alkyl halides is 2. The molecule has 5 heteroatoms. The van der Waals surface area contributed by atoms with Crippen molar-refractivity contribution in [2.24, 2.45) is 0 Å². The van der Waals surface area contributed by atoms with Crippen LogP contribution in [0.15, 0.2) is 18.5 Å². The molecule has 1 aromatic rings. The highest BCUT2D eigenvalue weighted by Gasteiger charge is 2.14. The summed E-state index contributed by atoms with van der Waals surface area (Å²) >= 11 is 0. The lowest BCUT2D eigenvalue weighted by Gasteiger charge is -2.11. The normalized spacial score (nSPS) is 13.0. The maximum Gasteiger partial charge on any atom is 0.258 e. The Kier molecular flexibility index (Phi) is 2.90. The molecule has 0 aromatic carbocycles. The van der Waals surface area contributed by atoms with Crippen LogP contribution in [-0.2, 0) is 0 Å². The van der Waals surface area contributed by atoms with E-state index in [4.69, 9.17) is 0 Å². The van der Waals surface area contributed by atoms with Gasteiger partial charge in [-0.1, -0.05) is 0 Å². The van der Waals surface area contributed by atoms with Crippen LogP contribution >= 0.6 is 0 Å². The van der Waals surface area contributed by atoms with Crippen molar-refractivity contribution in [1.29, 1.82) is 0 Å². The van der Waals surface area contributed by atoms with E-state index in [1.165, 1.54) is 19.3 Å². The molecule has 0 aliphatic carbocycles. The van der Waals surface area contributed by atoms with E-state index in [1.54, 1.807) is 6.07 Å². The first-order valence-electron chi connectivity index (χ1n) is 3.52. The Morgan fingerprint density at radius 3 is 2.42 bits per heavy atom. The van der Waals surface area contributed by atoms with Crippen molar-refractivity contribution < 1.29 is 8.78 Å². The minimum Gasteiger partial charge on any atom is -0.346 e. The number of anilines is 1. The molecule has 0 saturated heterocycles. The van der Waals surface area contributed by atoms with Crippen molar-refractivity contribution >= 4 is 5.95 Å². The van der Waals surface area contributed by atoms with E-state index in [0.717, 1.165) is 0 Å². The van der Waals surface area contributed by atoms with Crippen LogP contribution in [0, 0.1) is 0 Å². The van der Waals surface area contributed by atoms with E-state index >= 15 is 0 Å². The van der Waals surface area contributed by atoms with Crippen molar-refractivity contribution in [1.82, 2.24) is 9.97 Å². The molecule has 0 aliphatic heterocycles. The molecule has 0 aliphatic rings. The molecule has 0 radical (unpaired) electrons. The van der Waals surface area contributed by atoms with Gasteiger partial charge in [-0.3, -0.25) is 0 Å². The standard InChI is InChI=1S/C7H9F2N3/c1-5(6(8)9)12-7-10-3-2-4-11-7/h2-6H,1H3,(H,10,11,12). The Balaban J connectivity index is 2.53. The van der Waals surface area contributed by atoms with Gasteiger partial charge in [-0.05, 0) is 13.0 Å². The zero-order valence-corrected chi connectivity index (χ0v) is 6.54. The minimum atomic E-state index is -2.41. The van der Waals surface area contributed by atoms with Gasteiger partial charge in [-0.25, -0.2) is 18.7 Å². The Labute approximate surface area is 68.8 Å². The number of hydrogen-bond acceptors (Lipinski definition) is 3. The summed E-state index contributed by atoms with van der Waals surface area (Å²) in [5.74, 6) is 0.227. The first-order valence-corrected chi connectivity index (χ1v) is 3.52. The van der Waals surface area contributed by atoms with Crippen molar-refractivity contribution in [3.8, 4) is 0 Å². The molecule has 0 fully saturated rings. The van der Waals surface area contributed by atoms with Crippen LogP contribution in [-0.4, -0.2) is 22.4 Å². The number of hydrogen-bond donors (Lipinski definition) is 1. The van der Waals surface area contributed by atoms with Gasteiger partial charge in [-0.15, -0.1) is 0 Å². The second-order valence-electron chi connectivity index (χ2n) is 2.34. The van der Waals surface area contributed by atoms with Crippen LogP contribution in [0.4, 0.5) is 14.7 Å². The molecule has 1 unspecified atom stereocenters. The predicted octanol–water partition coefficient (Wildman–Crippen LogP) is 1.54. The average molecular weight is 173 g/mol. The highest BCUT2D eigenvalue weighted by atomic mass is 19.3. The van der Waals surface area contributed by atoms with Gasteiger partial charge in [0.2, 0.25) is 5.95 Å². The van der Waals surface area contributed by atoms with Gasteiger partial charge in [0.15, 0.2) is 0 Å². The zero-order chi connectivity index (χ0) is 8.97. The van der Waals surface area contributed by atoms with Crippen molar-refractivity contribution in [2.75, 3.05) is 5.32 Å². The van der Waals surface area contributed by atoms with Crippen LogP contribution in [0.5, 0.6) is 0 Å². The van der Waals surface area contributed by atoms with E-state index in [9.17, 15) is 8.78 Å². The summed E-state index contributed by atoms with van der Waals surface area (Å²) in [4.78, 5) is 7.49. The molecule has 0 amide bonds. The maximum atomic E-state index is 12.0. The van der Waals surface area contributed by atoms with E-state index in [0.29, 0.717) is 0 Å². The summed E-state index contributed by atoms with van der Waals surface area (Å²) in [7, 11) is 0. The van der Waals surface area contributed by atoms with Crippen LogP contribution < -0.4 is 5.32 Å². The zero-order valence-electron chi connectivity index (χ0n) is 6.54. The van der Waals surface area contributed by atoms with Gasteiger partial charge in [0.1, 0.15) is 0 Å². The van der Waals surface area contributed by atoms with Gasteiger partial charge in [0.25, 0.3) is 6.43 Å². The van der Waals surface area contributed by atoms with Gasteiger partial charge in [-0.2, -0.15) is 0 Å². The van der Waals surface area contributed by atoms with Gasteiger partial charge in [0, 0.05) is 12.4 Å². The molecule has 0 bridgehead atoms. The lowest BCUT2D eigenvalue weighted by molar-refractivity contribution is 0.130. The molecular formula is C7H9F2N3. The number of halogens is 2. The Hall–Kier alpha value is -1.26. The van der Waals surface area contributed by atoms with Gasteiger partial charge >= 0.3 is 0 Å². The summed E-state index contributed by atoms with van der Waals surface area (Å²) < 4.78 is 24.0. The summed E-state index contributed by atoms with van der Waals surface area (Å²) in [6.45, 7) is 1.38. The Bertz CT molecular complexity index is 227. The molecule has 1 N–H and O–H groups in total. The molecule has 3 nitrogen and oxygen atoms in total. The molecular weight excluding hydrogens is 164 g/mol. The average Bonchev–Trinajstić information content (AvgIpc) is 2.06. The molecule has 1 atom stereocenters. The maximum absolute atomic E-state index is 12.0. The number of rotatable bonds is 3. The van der Waals surface area contributed by atoms with Gasteiger partial charge in [0.05, 0.1) is 6.04 Å². The SMILES string of the molecule is CC(Nc1ncccn1)C(F)F. The molecule has 1 aromatic heterocycles. The Morgan fingerprint density at radius 1 is 1.33 bits per heavy atom. The number of nitrogens with one attached hydrogen (secondary N) is 1. The second kappa shape index (κ2) is 3.94. The fraction of sp³-hybridized carbons (Fsp3) is 0.429. The van der Waals surface area contributed by atoms with Gasteiger partial charge < -0.3 is 5.32 Å². The third kappa shape index (κ3) is 2.41. The topological polar surface area (TPSA) is 37.8 Å². The molecule has 0 saturated carbocycles. The summed E-state index contributed by atoms with van der Waals surface area (Å²) in [6.07, 6.45) is 0.579. The fourth-order valence-electron chi connectivity index (χ4n) is 0.640. The lowest BCUT2D eigenvalue weighted by Crippen LogP contribution is -2.24. The summed E-state index contributed by atoms with van der Waals surface area (Å²) in [5.41, 5.74) is 0. The van der Waals surface area contributed by atoms with Crippen LogP contribution in [0.25, 0.3) is 0 Å². The number of aromatic nitrogens is 2. The van der Waals surface area contributed by atoms with Crippen LogP contribution in [0.3, 0.4) is 0 Å². The van der Waals surface area contributed by atoms with E-state index in [2.05, 4.69) is 15.3 Å².